The highest BCUT2D eigenvalue weighted by atomic mass is 19.1. The second kappa shape index (κ2) is 3.87. The zero-order valence-corrected chi connectivity index (χ0v) is 7.54. The summed E-state index contributed by atoms with van der Waals surface area (Å²) in [4.78, 5) is 0. The van der Waals surface area contributed by atoms with Crippen LogP contribution in [0.5, 0.6) is 0 Å². The van der Waals surface area contributed by atoms with E-state index in [1.54, 1.807) is 16.9 Å². The Kier molecular flexibility index (Phi) is 2.59. The number of alkyl halides is 1. The molecule has 1 fully saturated rings. The first-order chi connectivity index (χ1) is 6.40. The van der Waals surface area contributed by atoms with Crippen molar-refractivity contribution < 1.29 is 4.39 Å². The van der Waals surface area contributed by atoms with Gasteiger partial charge in [-0.3, -0.25) is 4.68 Å². The van der Waals surface area contributed by atoms with Crippen molar-refractivity contribution in [1.29, 1.82) is 0 Å². The first-order valence-electron chi connectivity index (χ1n) is 4.70. The number of hydrogen-bond donors (Lipinski definition) is 1. The van der Waals surface area contributed by atoms with Crippen molar-refractivity contribution in [3.63, 3.8) is 0 Å². The molecule has 2 rings (SSSR count). The highest BCUT2D eigenvalue weighted by molar-refractivity contribution is 4.99. The van der Waals surface area contributed by atoms with E-state index in [9.17, 15) is 4.39 Å². The van der Waals surface area contributed by atoms with Crippen LogP contribution in [0.25, 0.3) is 0 Å². The van der Waals surface area contributed by atoms with E-state index < -0.39 is 6.67 Å². The molecule has 2 heterocycles. The molecule has 0 spiro atoms. The summed E-state index contributed by atoms with van der Waals surface area (Å²) < 4.78 is 14.2. The van der Waals surface area contributed by atoms with Gasteiger partial charge in [0, 0.05) is 12.2 Å². The van der Waals surface area contributed by atoms with Crippen molar-refractivity contribution in [2.24, 2.45) is 0 Å². The highest BCUT2D eigenvalue weighted by Crippen LogP contribution is 2.09. The molecule has 4 heteroatoms. The molecule has 0 aliphatic carbocycles. The van der Waals surface area contributed by atoms with E-state index >= 15 is 0 Å². The lowest BCUT2D eigenvalue weighted by molar-refractivity contribution is 0.414. The fraction of sp³-hybridized carbons (Fsp3) is 0.667. The Balaban J connectivity index is 1.99. The number of hydrogen-bond acceptors (Lipinski definition) is 2. The maximum absolute atomic E-state index is 12.4. The molecule has 1 saturated heterocycles. The first-order valence-corrected chi connectivity index (χ1v) is 4.70. The van der Waals surface area contributed by atoms with Gasteiger partial charge in [0.1, 0.15) is 6.67 Å². The quantitative estimate of drug-likeness (QED) is 0.760. The van der Waals surface area contributed by atoms with Crippen molar-refractivity contribution in [2.75, 3.05) is 6.54 Å². The average molecular weight is 183 g/mol. The Bertz CT molecular complexity index is 266. The highest BCUT2D eigenvalue weighted by Gasteiger charge is 2.15. The van der Waals surface area contributed by atoms with E-state index in [2.05, 4.69) is 10.4 Å². The predicted octanol–water partition coefficient (Wildman–Crippen LogP) is 1.10. The lowest BCUT2D eigenvalue weighted by Crippen LogP contribution is -2.27. The van der Waals surface area contributed by atoms with Gasteiger partial charge in [-0.1, -0.05) is 0 Å². The number of aromatic nitrogens is 2. The van der Waals surface area contributed by atoms with E-state index in [-0.39, 0.29) is 0 Å². The summed E-state index contributed by atoms with van der Waals surface area (Å²) in [6.07, 6.45) is 4.05. The van der Waals surface area contributed by atoms with Gasteiger partial charge in [0.25, 0.3) is 0 Å². The zero-order valence-electron chi connectivity index (χ0n) is 7.54. The number of halogens is 1. The second-order valence-corrected chi connectivity index (χ2v) is 3.43. The molecule has 3 nitrogen and oxygen atoms in total. The van der Waals surface area contributed by atoms with Crippen molar-refractivity contribution in [2.45, 2.75) is 32.1 Å². The molecular formula is C9H14FN3. The maximum atomic E-state index is 12.4. The Hall–Kier alpha value is -0.900. The minimum absolute atomic E-state index is 0.424. The second-order valence-electron chi connectivity index (χ2n) is 3.43. The lowest BCUT2D eigenvalue weighted by Gasteiger charge is -2.11. The molecule has 1 atom stereocenters. The largest absolute Gasteiger partial charge is 0.312 e. The third kappa shape index (κ3) is 1.88. The third-order valence-electron chi connectivity index (χ3n) is 2.50. The topological polar surface area (TPSA) is 29.9 Å². The summed E-state index contributed by atoms with van der Waals surface area (Å²) in [5.74, 6) is 0. The van der Waals surface area contributed by atoms with Crippen LogP contribution in [0.1, 0.15) is 18.5 Å². The average Bonchev–Trinajstić information content (AvgIpc) is 2.76. The van der Waals surface area contributed by atoms with Crippen LogP contribution in [0.15, 0.2) is 12.3 Å². The third-order valence-corrected chi connectivity index (χ3v) is 2.50. The van der Waals surface area contributed by atoms with Crippen LogP contribution < -0.4 is 5.32 Å². The Morgan fingerprint density at radius 1 is 1.69 bits per heavy atom. The monoisotopic (exact) mass is 183 g/mol. The molecule has 0 bridgehead atoms. The van der Waals surface area contributed by atoms with Gasteiger partial charge in [0.15, 0.2) is 0 Å². The van der Waals surface area contributed by atoms with Crippen LogP contribution in [-0.4, -0.2) is 22.4 Å². The molecule has 0 aromatic carbocycles. The fourth-order valence-electron chi connectivity index (χ4n) is 1.76. The maximum Gasteiger partial charge on any atom is 0.131 e. The van der Waals surface area contributed by atoms with Crippen molar-refractivity contribution in [3.05, 3.63) is 18.0 Å². The van der Waals surface area contributed by atoms with Crippen molar-refractivity contribution in [1.82, 2.24) is 15.1 Å². The van der Waals surface area contributed by atoms with Crippen molar-refractivity contribution >= 4 is 0 Å². The van der Waals surface area contributed by atoms with E-state index in [4.69, 9.17) is 0 Å². The van der Waals surface area contributed by atoms with Crippen LogP contribution in [0.2, 0.25) is 0 Å². The summed E-state index contributed by atoms with van der Waals surface area (Å²) in [5.41, 5.74) is 0.675. The molecule has 1 aliphatic rings. The minimum atomic E-state index is -0.424. The predicted molar refractivity (Wildman–Crippen MR) is 48.1 cm³/mol. The van der Waals surface area contributed by atoms with Crippen LogP contribution in [0.3, 0.4) is 0 Å². The molecule has 1 aromatic rings. The van der Waals surface area contributed by atoms with Crippen LogP contribution >= 0.6 is 0 Å². The van der Waals surface area contributed by atoms with Gasteiger partial charge in [-0.15, -0.1) is 0 Å². The fourth-order valence-corrected chi connectivity index (χ4v) is 1.76. The summed E-state index contributed by atoms with van der Waals surface area (Å²) in [5, 5.41) is 7.45. The van der Waals surface area contributed by atoms with E-state index in [0.29, 0.717) is 11.7 Å². The van der Waals surface area contributed by atoms with Gasteiger partial charge in [0.05, 0.1) is 12.2 Å². The van der Waals surface area contributed by atoms with Gasteiger partial charge in [-0.05, 0) is 25.5 Å². The van der Waals surface area contributed by atoms with Crippen molar-refractivity contribution in [3.8, 4) is 0 Å². The van der Waals surface area contributed by atoms with E-state index in [1.165, 1.54) is 12.8 Å². The minimum Gasteiger partial charge on any atom is -0.312 e. The van der Waals surface area contributed by atoms with Crippen LogP contribution in [0, 0.1) is 0 Å². The molecule has 1 aromatic heterocycles. The Morgan fingerprint density at radius 2 is 2.62 bits per heavy atom. The zero-order chi connectivity index (χ0) is 9.10. The molecule has 0 saturated carbocycles. The number of rotatable bonds is 3. The number of nitrogens with one attached hydrogen (secondary N) is 1. The van der Waals surface area contributed by atoms with Gasteiger partial charge >= 0.3 is 0 Å². The molecule has 1 unspecified atom stereocenters. The van der Waals surface area contributed by atoms with Crippen LogP contribution in [-0.2, 0) is 13.2 Å². The molecule has 0 amide bonds. The van der Waals surface area contributed by atoms with Gasteiger partial charge in [-0.25, -0.2) is 4.39 Å². The molecule has 1 aliphatic heterocycles. The Labute approximate surface area is 76.9 Å². The molecule has 72 valence electrons. The molecular weight excluding hydrogens is 169 g/mol. The summed E-state index contributed by atoms with van der Waals surface area (Å²) in [6.45, 7) is 1.45. The van der Waals surface area contributed by atoms with E-state index in [1.807, 2.05) is 0 Å². The standard InChI is InChI=1S/C9H14FN3/c10-6-9-3-5-12-13(9)7-8-2-1-4-11-8/h3,5,8,11H,1-2,4,6-7H2. The lowest BCUT2D eigenvalue weighted by atomic mass is 10.2. The normalized spacial score (nSPS) is 22.4. The van der Waals surface area contributed by atoms with E-state index in [0.717, 1.165) is 13.1 Å². The SMILES string of the molecule is FCc1ccnn1CC1CCCN1. The number of nitrogens with zero attached hydrogens (tertiary/aromatic N) is 2. The summed E-state index contributed by atoms with van der Waals surface area (Å²) in [6, 6.07) is 2.21. The summed E-state index contributed by atoms with van der Waals surface area (Å²) >= 11 is 0. The van der Waals surface area contributed by atoms with Gasteiger partial charge in [-0.2, -0.15) is 5.10 Å². The first kappa shape index (κ1) is 8.69. The summed E-state index contributed by atoms with van der Waals surface area (Å²) in [7, 11) is 0. The van der Waals surface area contributed by atoms with Crippen LogP contribution in [0.4, 0.5) is 4.39 Å². The van der Waals surface area contributed by atoms with Gasteiger partial charge in [0.2, 0.25) is 0 Å². The molecule has 1 N–H and O–H groups in total. The molecule has 0 radical (unpaired) electrons. The Morgan fingerprint density at radius 3 is 3.31 bits per heavy atom. The molecule has 13 heavy (non-hydrogen) atoms. The van der Waals surface area contributed by atoms with Gasteiger partial charge < -0.3 is 5.32 Å². The smallest absolute Gasteiger partial charge is 0.131 e.